The van der Waals surface area contributed by atoms with Crippen molar-refractivity contribution in [3.05, 3.63) is 100 Å². The summed E-state index contributed by atoms with van der Waals surface area (Å²) in [5.74, 6) is -1.39. The second kappa shape index (κ2) is 7.43. The topological polar surface area (TPSA) is 57.6 Å². The fourth-order valence-electron chi connectivity index (χ4n) is 3.62. The van der Waals surface area contributed by atoms with Gasteiger partial charge in [-0.15, -0.1) is 0 Å². The molecule has 0 saturated carbocycles. The highest BCUT2D eigenvalue weighted by atomic mass is 35.5. The van der Waals surface area contributed by atoms with Crippen LogP contribution in [0.4, 0.5) is 10.1 Å². The lowest BCUT2D eigenvalue weighted by atomic mass is 9.88. The van der Waals surface area contributed by atoms with Crippen LogP contribution in [0.15, 0.2) is 72.8 Å². The number of ketones is 1. The summed E-state index contributed by atoms with van der Waals surface area (Å²) in [6.45, 7) is 0.0883. The van der Waals surface area contributed by atoms with Gasteiger partial charge < -0.3 is 10.0 Å². The molecule has 29 heavy (non-hydrogen) atoms. The molecule has 0 aromatic heterocycles. The first-order valence-corrected chi connectivity index (χ1v) is 9.43. The Labute approximate surface area is 172 Å². The van der Waals surface area contributed by atoms with Crippen molar-refractivity contribution in [2.24, 2.45) is 0 Å². The average Bonchev–Trinajstić information content (AvgIpc) is 2.91. The van der Waals surface area contributed by atoms with E-state index in [1.54, 1.807) is 60.7 Å². The number of hydrogen-bond acceptors (Lipinski definition) is 3. The normalized spacial score (nSPS) is 18.0. The summed E-state index contributed by atoms with van der Waals surface area (Å²) in [5.41, 5.74) is -0.171. The molecule has 0 radical (unpaired) electrons. The number of carbonyl (C=O) groups is 2. The molecule has 4 nitrogen and oxygen atoms in total. The van der Waals surface area contributed by atoms with Gasteiger partial charge in [0.05, 0.1) is 18.7 Å². The maximum absolute atomic E-state index is 13.6. The molecule has 1 amide bonds. The van der Waals surface area contributed by atoms with E-state index >= 15 is 0 Å². The van der Waals surface area contributed by atoms with Gasteiger partial charge in [-0.25, -0.2) is 4.39 Å². The molecule has 0 spiro atoms. The number of fused-ring (bicyclic) bond motifs is 1. The zero-order valence-electron chi connectivity index (χ0n) is 15.3. The van der Waals surface area contributed by atoms with Gasteiger partial charge in [0.2, 0.25) is 0 Å². The number of halogens is 2. The highest BCUT2D eigenvalue weighted by Crippen LogP contribution is 2.43. The molecule has 1 aliphatic heterocycles. The zero-order chi connectivity index (χ0) is 20.6. The molecule has 6 heteroatoms. The quantitative estimate of drug-likeness (QED) is 0.632. The fraction of sp³-hybridized carbons (Fsp3) is 0.130. The Bertz CT molecular complexity index is 1100. The fourth-order valence-corrected chi connectivity index (χ4v) is 3.75. The number of Topliss-reactive ketones (excluding diaryl/α,β-unsaturated/α-hetero) is 1. The number of nitrogens with zero attached hydrogens (tertiary/aromatic N) is 1. The molecular weight excluding hydrogens is 393 g/mol. The summed E-state index contributed by atoms with van der Waals surface area (Å²) in [6, 6.07) is 19.0. The Morgan fingerprint density at radius 1 is 1.03 bits per heavy atom. The summed E-state index contributed by atoms with van der Waals surface area (Å²) < 4.78 is 13.6. The summed E-state index contributed by atoms with van der Waals surface area (Å²) >= 11 is 5.86. The monoisotopic (exact) mass is 409 g/mol. The standard InChI is InChI=1S/C23H17ClFNO3/c24-17-10-8-16(9-11-17)21(27)13-23(29)19-6-1-2-7-20(19)26(22(23)28)14-15-4-3-5-18(25)12-15/h1-12,29H,13-14H2/t23-/m0/s1. The van der Waals surface area contributed by atoms with Gasteiger partial charge in [0.1, 0.15) is 5.82 Å². The highest BCUT2D eigenvalue weighted by molar-refractivity contribution is 6.30. The largest absolute Gasteiger partial charge is 0.375 e. The summed E-state index contributed by atoms with van der Waals surface area (Å²) in [7, 11) is 0. The number of rotatable bonds is 5. The van der Waals surface area contributed by atoms with E-state index in [0.717, 1.165) is 0 Å². The lowest BCUT2D eigenvalue weighted by Gasteiger charge is -2.23. The number of para-hydroxylation sites is 1. The van der Waals surface area contributed by atoms with Crippen LogP contribution in [0.5, 0.6) is 0 Å². The molecule has 146 valence electrons. The Balaban J connectivity index is 1.67. The van der Waals surface area contributed by atoms with Crippen LogP contribution < -0.4 is 4.90 Å². The number of anilines is 1. The molecule has 0 bridgehead atoms. The molecule has 1 atom stereocenters. The number of benzene rings is 3. The van der Waals surface area contributed by atoms with E-state index < -0.39 is 23.7 Å². The van der Waals surface area contributed by atoms with Crippen LogP contribution >= 0.6 is 11.6 Å². The summed E-state index contributed by atoms with van der Waals surface area (Å²) in [6.07, 6.45) is -0.399. The predicted molar refractivity (Wildman–Crippen MR) is 108 cm³/mol. The SMILES string of the molecule is O=C(C[C@@]1(O)C(=O)N(Cc2cccc(F)c2)c2ccccc21)c1ccc(Cl)cc1. The van der Waals surface area contributed by atoms with E-state index in [9.17, 15) is 19.1 Å². The Morgan fingerprint density at radius 2 is 1.76 bits per heavy atom. The lowest BCUT2D eigenvalue weighted by Crippen LogP contribution is -2.41. The Kier molecular flexibility index (Phi) is 4.94. The molecule has 3 aromatic carbocycles. The lowest BCUT2D eigenvalue weighted by molar-refractivity contribution is -0.136. The second-order valence-corrected chi connectivity index (χ2v) is 7.44. The van der Waals surface area contributed by atoms with Crippen molar-refractivity contribution < 1.29 is 19.1 Å². The molecule has 0 fully saturated rings. The van der Waals surface area contributed by atoms with Gasteiger partial charge in [-0.3, -0.25) is 9.59 Å². The zero-order valence-corrected chi connectivity index (χ0v) is 16.1. The molecule has 3 aromatic rings. The second-order valence-electron chi connectivity index (χ2n) is 7.01. The van der Waals surface area contributed by atoms with Gasteiger partial charge in [0, 0.05) is 16.1 Å². The van der Waals surface area contributed by atoms with Crippen molar-refractivity contribution in [2.45, 2.75) is 18.6 Å². The van der Waals surface area contributed by atoms with Gasteiger partial charge in [0.15, 0.2) is 11.4 Å². The van der Waals surface area contributed by atoms with Crippen LogP contribution in [0, 0.1) is 5.82 Å². The number of carbonyl (C=O) groups excluding carboxylic acids is 2. The van der Waals surface area contributed by atoms with Gasteiger partial charge >= 0.3 is 0 Å². The molecule has 4 rings (SSSR count). The third-order valence-corrected chi connectivity index (χ3v) is 5.30. The molecule has 0 saturated heterocycles. The van der Waals surface area contributed by atoms with Crippen LogP contribution in [0.1, 0.15) is 27.9 Å². The van der Waals surface area contributed by atoms with Crippen molar-refractivity contribution in [1.82, 2.24) is 0 Å². The Morgan fingerprint density at radius 3 is 2.48 bits per heavy atom. The van der Waals surface area contributed by atoms with Crippen LogP contribution in [0.25, 0.3) is 0 Å². The minimum absolute atomic E-state index is 0.0883. The molecule has 1 aliphatic rings. The minimum Gasteiger partial charge on any atom is -0.375 e. The first kappa shape index (κ1) is 19.3. The van der Waals surface area contributed by atoms with E-state index in [1.807, 2.05) is 0 Å². The minimum atomic E-state index is -1.99. The van der Waals surface area contributed by atoms with Crippen LogP contribution in [-0.2, 0) is 16.9 Å². The van der Waals surface area contributed by atoms with Gasteiger partial charge in [-0.05, 0) is 48.0 Å². The van der Waals surface area contributed by atoms with Crippen molar-refractivity contribution in [1.29, 1.82) is 0 Å². The first-order valence-electron chi connectivity index (χ1n) is 9.05. The Hall–Kier alpha value is -3.02. The van der Waals surface area contributed by atoms with E-state index in [4.69, 9.17) is 11.6 Å². The van der Waals surface area contributed by atoms with E-state index in [1.165, 1.54) is 17.0 Å². The van der Waals surface area contributed by atoms with E-state index in [2.05, 4.69) is 0 Å². The highest BCUT2D eigenvalue weighted by Gasteiger charge is 2.50. The average molecular weight is 410 g/mol. The first-order chi connectivity index (χ1) is 13.9. The van der Waals surface area contributed by atoms with Gasteiger partial charge in [-0.2, -0.15) is 0 Å². The molecule has 1 heterocycles. The molecule has 1 N–H and O–H groups in total. The van der Waals surface area contributed by atoms with Crippen LogP contribution in [0.2, 0.25) is 5.02 Å². The third kappa shape index (κ3) is 3.55. The number of aliphatic hydroxyl groups is 1. The predicted octanol–water partition coefficient (Wildman–Crippen LogP) is 4.49. The maximum Gasteiger partial charge on any atom is 0.264 e. The van der Waals surface area contributed by atoms with Crippen LogP contribution in [0.3, 0.4) is 0 Å². The van der Waals surface area contributed by atoms with Gasteiger partial charge in [0.25, 0.3) is 5.91 Å². The number of amides is 1. The molecular formula is C23H17ClFNO3. The van der Waals surface area contributed by atoms with E-state index in [0.29, 0.717) is 27.4 Å². The summed E-state index contributed by atoms with van der Waals surface area (Å²) in [5, 5.41) is 11.8. The summed E-state index contributed by atoms with van der Waals surface area (Å²) in [4.78, 5) is 27.4. The van der Waals surface area contributed by atoms with Gasteiger partial charge in [-0.1, -0.05) is 41.9 Å². The van der Waals surface area contributed by atoms with Crippen molar-refractivity contribution in [3.8, 4) is 0 Å². The van der Waals surface area contributed by atoms with Crippen molar-refractivity contribution in [2.75, 3.05) is 4.90 Å². The molecule has 0 aliphatic carbocycles. The maximum atomic E-state index is 13.6. The van der Waals surface area contributed by atoms with Crippen molar-refractivity contribution in [3.63, 3.8) is 0 Å². The molecule has 0 unspecified atom stereocenters. The van der Waals surface area contributed by atoms with Crippen molar-refractivity contribution >= 4 is 29.0 Å². The number of hydrogen-bond donors (Lipinski definition) is 1. The smallest absolute Gasteiger partial charge is 0.264 e. The third-order valence-electron chi connectivity index (χ3n) is 5.05. The van der Waals surface area contributed by atoms with E-state index in [-0.39, 0.29) is 12.3 Å². The van der Waals surface area contributed by atoms with Crippen LogP contribution in [-0.4, -0.2) is 16.8 Å².